The fourth-order valence-corrected chi connectivity index (χ4v) is 2.46. The summed E-state index contributed by atoms with van der Waals surface area (Å²) in [5.41, 5.74) is 1.19. The maximum Gasteiger partial charge on any atom is 0.262 e. The minimum Gasteiger partial charge on any atom is -0.493 e. The van der Waals surface area contributed by atoms with Gasteiger partial charge in [-0.15, -0.1) is 0 Å². The van der Waals surface area contributed by atoms with Crippen LogP contribution in [0.1, 0.15) is 19.8 Å². The van der Waals surface area contributed by atoms with Crippen molar-refractivity contribution in [2.24, 2.45) is 0 Å². The van der Waals surface area contributed by atoms with E-state index in [9.17, 15) is 9.59 Å². The van der Waals surface area contributed by atoms with Gasteiger partial charge in [0.15, 0.2) is 18.1 Å². The van der Waals surface area contributed by atoms with Gasteiger partial charge in [-0.05, 0) is 43.7 Å². The number of anilines is 2. The quantitative estimate of drug-likeness (QED) is 0.578. The van der Waals surface area contributed by atoms with Crippen molar-refractivity contribution >= 4 is 23.2 Å². The van der Waals surface area contributed by atoms with Crippen LogP contribution in [0.4, 0.5) is 11.4 Å². The normalized spacial score (nSPS) is 10.2. The fourth-order valence-electron chi connectivity index (χ4n) is 2.46. The largest absolute Gasteiger partial charge is 0.493 e. The van der Waals surface area contributed by atoms with Gasteiger partial charge in [0.2, 0.25) is 5.91 Å². The van der Waals surface area contributed by atoms with Gasteiger partial charge in [-0.3, -0.25) is 9.59 Å². The van der Waals surface area contributed by atoms with Crippen molar-refractivity contribution in [3.63, 3.8) is 0 Å². The standard InChI is InChI=1S/C21H26N2O5/c1-3-27-13-7-12-20(24)22-16-8-6-9-17(14-16)23-21(25)15-28-19-11-5-4-10-18(19)26-2/h4-6,8-11,14H,3,7,12-13,15H2,1-2H3,(H,22,24)(H,23,25). The molecule has 0 saturated heterocycles. The molecule has 0 spiro atoms. The topological polar surface area (TPSA) is 85.9 Å². The minimum atomic E-state index is -0.314. The summed E-state index contributed by atoms with van der Waals surface area (Å²) in [5.74, 6) is 0.645. The molecule has 0 aliphatic heterocycles. The van der Waals surface area contributed by atoms with Crippen molar-refractivity contribution in [1.82, 2.24) is 0 Å². The average Bonchev–Trinajstić information content (AvgIpc) is 2.70. The van der Waals surface area contributed by atoms with E-state index in [1.54, 1.807) is 49.6 Å². The number of ether oxygens (including phenoxy) is 3. The molecule has 2 amide bonds. The molecule has 150 valence electrons. The summed E-state index contributed by atoms with van der Waals surface area (Å²) in [7, 11) is 1.54. The molecular weight excluding hydrogens is 360 g/mol. The lowest BCUT2D eigenvalue weighted by Gasteiger charge is -2.11. The van der Waals surface area contributed by atoms with Gasteiger partial charge in [-0.2, -0.15) is 0 Å². The van der Waals surface area contributed by atoms with Gasteiger partial charge in [-0.25, -0.2) is 0 Å². The first-order valence-electron chi connectivity index (χ1n) is 9.15. The Hall–Kier alpha value is -3.06. The first-order chi connectivity index (χ1) is 13.6. The summed E-state index contributed by atoms with van der Waals surface area (Å²) in [4.78, 5) is 24.1. The number of hydrogen-bond donors (Lipinski definition) is 2. The van der Waals surface area contributed by atoms with Crippen LogP contribution in [0, 0.1) is 0 Å². The first kappa shape index (κ1) is 21.2. The lowest BCUT2D eigenvalue weighted by atomic mass is 10.2. The Morgan fingerprint density at radius 1 is 0.929 bits per heavy atom. The Morgan fingerprint density at radius 2 is 1.61 bits per heavy atom. The molecule has 0 fully saturated rings. The van der Waals surface area contributed by atoms with E-state index in [0.717, 1.165) is 0 Å². The zero-order chi connectivity index (χ0) is 20.2. The number of carbonyl (C=O) groups excluding carboxylic acids is 2. The Labute approximate surface area is 165 Å². The van der Waals surface area contributed by atoms with Gasteiger partial charge < -0.3 is 24.8 Å². The van der Waals surface area contributed by atoms with E-state index in [0.29, 0.717) is 48.9 Å². The van der Waals surface area contributed by atoms with Crippen LogP contribution in [-0.4, -0.2) is 38.7 Å². The molecule has 2 N–H and O–H groups in total. The lowest BCUT2D eigenvalue weighted by Crippen LogP contribution is -2.20. The third-order valence-electron chi connectivity index (χ3n) is 3.75. The highest BCUT2D eigenvalue weighted by Gasteiger charge is 2.08. The molecule has 0 atom stereocenters. The van der Waals surface area contributed by atoms with Crippen LogP contribution in [-0.2, 0) is 14.3 Å². The van der Waals surface area contributed by atoms with Crippen LogP contribution in [0.25, 0.3) is 0 Å². The summed E-state index contributed by atoms with van der Waals surface area (Å²) in [5, 5.41) is 5.56. The predicted octanol–water partition coefficient (Wildman–Crippen LogP) is 3.47. The maximum atomic E-state index is 12.1. The average molecular weight is 386 g/mol. The smallest absolute Gasteiger partial charge is 0.262 e. The molecule has 0 bridgehead atoms. The Balaban J connectivity index is 1.82. The fraction of sp³-hybridized carbons (Fsp3) is 0.333. The zero-order valence-corrected chi connectivity index (χ0v) is 16.2. The molecule has 28 heavy (non-hydrogen) atoms. The predicted molar refractivity (Wildman–Crippen MR) is 108 cm³/mol. The van der Waals surface area contributed by atoms with Crippen molar-refractivity contribution in [2.45, 2.75) is 19.8 Å². The highest BCUT2D eigenvalue weighted by molar-refractivity contribution is 5.94. The number of para-hydroxylation sites is 2. The van der Waals surface area contributed by atoms with E-state index < -0.39 is 0 Å². The van der Waals surface area contributed by atoms with Crippen molar-refractivity contribution in [3.8, 4) is 11.5 Å². The summed E-state index contributed by atoms with van der Waals surface area (Å²) in [6, 6.07) is 14.1. The van der Waals surface area contributed by atoms with Crippen LogP contribution >= 0.6 is 0 Å². The zero-order valence-electron chi connectivity index (χ0n) is 16.2. The van der Waals surface area contributed by atoms with E-state index in [1.807, 2.05) is 13.0 Å². The Morgan fingerprint density at radius 3 is 2.29 bits per heavy atom. The van der Waals surface area contributed by atoms with Crippen LogP contribution in [0.5, 0.6) is 11.5 Å². The third-order valence-corrected chi connectivity index (χ3v) is 3.75. The highest BCUT2D eigenvalue weighted by atomic mass is 16.5. The van der Waals surface area contributed by atoms with Crippen LogP contribution in [0.15, 0.2) is 48.5 Å². The number of carbonyl (C=O) groups is 2. The minimum absolute atomic E-state index is 0.0947. The Bertz CT molecular complexity index is 779. The molecule has 2 rings (SSSR count). The van der Waals surface area contributed by atoms with Crippen molar-refractivity contribution < 1.29 is 23.8 Å². The van der Waals surface area contributed by atoms with Gasteiger partial charge in [0.1, 0.15) is 0 Å². The molecule has 2 aromatic rings. The van der Waals surface area contributed by atoms with E-state index in [1.165, 1.54) is 0 Å². The molecule has 7 nitrogen and oxygen atoms in total. The second-order valence-electron chi connectivity index (χ2n) is 5.92. The molecule has 0 aromatic heterocycles. The molecule has 7 heteroatoms. The second-order valence-corrected chi connectivity index (χ2v) is 5.92. The summed E-state index contributed by atoms with van der Waals surface area (Å²) in [6.45, 7) is 2.96. The highest BCUT2D eigenvalue weighted by Crippen LogP contribution is 2.25. The molecule has 0 aliphatic carbocycles. The Kier molecular flexibility index (Phi) is 8.81. The molecule has 0 radical (unpaired) electrons. The van der Waals surface area contributed by atoms with Gasteiger partial charge in [0, 0.05) is 31.0 Å². The van der Waals surface area contributed by atoms with Gasteiger partial charge >= 0.3 is 0 Å². The van der Waals surface area contributed by atoms with E-state index >= 15 is 0 Å². The SMILES string of the molecule is CCOCCCC(=O)Nc1cccc(NC(=O)COc2ccccc2OC)c1. The number of benzene rings is 2. The van der Waals surface area contributed by atoms with Gasteiger partial charge in [-0.1, -0.05) is 18.2 Å². The molecule has 0 unspecified atom stereocenters. The second kappa shape index (κ2) is 11.6. The third kappa shape index (κ3) is 7.28. The molecule has 0 heterocycles. The maximum absolute atomic E-state index is 12.1. The van der Waals surface area contributed by atoms with Gasteiger partial charge in [0.25, 0.3) is 5.91 Å². The summed E-state index contributed by atoms with van der Waals surface area (Å²) < 4.78 is 15.9. The first-order valence-corrected chi connectivity index (χ1v) is 9.15. The summed E-state index contributed by atoms with van der Waals surface area (Å²) >= 11 is 0. The molecule has 0 aliphatic rings. The van der Waals surface area contributed by atoms with E-state index in [2.05, 4.69) is 10.6 Å². The number of methoxy groups -OCH3 is 1. The van der Waals surface area contributed by atoms with Crippen molar-refractivity contribution in [3.05, 3.63) is 48.5 Å². The number of rotatable bonds is 11. The summed E-state index contributed by atoms with van der Waals surface area (Å²) in [6.07, 6.45) is 1.04. The van der Waals surface area contributed by atoms with E-state index in [-0.39, 0.29) is 18.4 Å². The monoisotopic (exact) mass is 386 g/mol. The molecule has 2 aromatic carbocycles. The van der Waals surface area contributed by atoms with E-state index in [4.69, 9.17) is 14.2 Å². The van der Waals surface area contributed by atoms with Gasteiger partial charge in [0.05, 0.1) is 7.11 Å². The molecular formula is C21H26N2O5. The van der Waals surface area contributed by atoms with Crippen LogP contribution in [0.2, 0.25) is 0 Å². The number of nitrogens with one attached hydrogen (secondary N) is 2. The van der Waals surface area contributed by atoms with Crippen molar-refractivity contribution in [1.29, 1.82) is 0 Å². The number of amides is 2. The number of hydrogen-bond acceptors (Lipinski definition) is 5. The molecule has 0 saturated carbocycles. The van der Waals surface area contributed by atoms with Crippen LogP contribution in [0.3, 0.4) is 0 Å². The van der Waals surface area contributed by atoms with Crippen LogP contribution < -0.4 is 20.1 Å². The van der Waals surface area contributed by atoms with Crippen molar-refractivity contribution in [2.75, 3.05) is 37.6 Å². The lowest BCUT2D eigenvalue weighted by molar-refractivity contribution is -0.118.